The molecule has 0 radical (unpaired) electrons. The molecule has 1 aromatic heterocycles. The molecule has 0 N–H and O–H groups in total. The van der Waals surface area contributed by atoms with Crippen LogP contribution in [-0.4, -0.2) is 66.6 Å². The largest absolute Gasteiger partial charge is 1.00 e. The smallest absolute Gasteiger partial charge is 0.330 e. The molecule has 0 saturated carbocycles. The molecule has 3 aliphatic heterocycles. The summed E-state index contributed by atoms with van der Waals surface area (Å²) in [6.07, 6.45) is 6.17. The van der Waals surface area contributed by atoms with Crippen molar-refractivity contribution >= 4 is 16.9 Å². The summed E-state index contributed by atoms with van der Waals surface area (Å²) in [6.45, 7) is 4.85. The Hall–Kier alpha value is -2.62. The lowest BCUT2D eigenvalue weighted by atomic mass is 10.0. The molecular formula is C29H36BrN3O5. The van der Waals surface area contributed by atoms with E-state index in [0.717, 1.165) is 79.8 Å². The number of nitrogens with zero attached hydrogens (tertiary/aromatic N) is 3. The third kappa shape index (κ3) is 5.70. The van der Waals surface area contributed by atoms with E-state index in [4.69, 9.17) is 18.7 Å². The fourth-order valence-corrected chi connectivity index (χ4v) is 6.04. The van der Waals surface area contributed by atoms with Crippen molar-refractivity contribution in [1.29, 1.82) is 0 Å². The standard InChI is InChI=1S/C29H36N3O5.BrH/c1-32(19-21-10-11-25-26(18-21)35-20-34-25)16-12-22(13-17-32)36-29(33)28(31-14-6-2-3-7-15-31)27-23-8-4-5-9-24(23)37-30-27;/h4-5,8-11,18,22,28H,2-3,6-7,12-17,19-20H2,1H3;1H/q+1;/p-1. The van der Waals surface area contributed by atoms with Crippen LogP contribution in [0.3, 0.4) is 0 Å². The predicted octanol–water partition coefficient (Wildman–Crippen LogP) is 1.83. The molecule has 1 atom stereocenters. The number of esters is 1. The van der Waals surface area contributed by atoms with Gasteiger partial charge >= 0.3 is 5.97 Å². The zero-order valence-electron chi connectivity index (χ0n) is 21.9. The number of benzene rings is 2. The maximum Gasteiger partial charge on any atom is 0.330 e. The van der Waals surface area contributed by atoms with Gasteiger partial charge in [0.15, 0.2) is 23.1 Å². The van der Waals surface area contributed by atoms with Crippen molar-refractivity contribution in [2.75, 3.05) is 40.0 Å². The highest BCUT2D eigenvalue weighted by molar-refractivity contribution is 5.87. The topological polar surface area (TPSA) is 74.0 Å². The van der Waals surface area contributed by atoms with Gasteiger partial charge in [-0.05, 0) is 56.3 Å². The first-order chi connectivity index (χ1) is 18.1. The molecule has 6 rings (SSSR count). The summed E-state index contributed by atoms with van der Waals surface area (Å²) in [6, 6.07) is 13.5. The van der Waals surface area contributed by atoms with E-state index in [-0.39, 0.29) is 29.1 Å². The fraction of sp³-hybridized carbons (Fsp3) is 0.517. The molecular weight excluding hydrogens is 550 g/mol. The van der Waals surface area contributed by atoms with Gasteiger partial charge in [-0.25, -0.2) is 4.79 Å². The fourth-order valence-electron chi connectivity index (χ4n) is 6.04. The molecule has 1 unspecified atom stereocenters. The van der Waals surface area contributed by atoms with Gasteiger partial charge in [0, 0.05) is 23.8 Å². The average molecular weight is 587 g/mol. The second kappa shape index (κ2) is 11.6. The van der Waals surface area contributed by atoms with Crippen LogP contribution in [0.15, 0.2) is 47.0 Å². The van der Waals surface area contributed by atoms with Crippen molar-refractivity contribution in [3.8, 4) is 11.5 Å². The van der Waals surface area contributed by atoms with E-state index in [9.17, 15) is 4.79 Å². The molecule has 204 valence electrons. The van der Waals surface area contributed by atoms with Gasteiger partial charge in [0.25, 0.3) is 0 Å². The summed E-state index contributed by atoms with van der Waals surface area (Å²) in [7, 11) is 2.28. The molecule has 0 aliphatic carbocycles. The number of halogens is 1. The van der Waals surface area contributed by atoms with Crippen molar-refractivity contribution in [2.45, 2.75) is 57.2 Å². The molecule has 3 aromatic rings. The summed E-state index contributed by atoms with van der Waals surface area (Å²) in [5.74, 6) is 1.45. The van der Waals surface area contributed by atoms with E-state index in [1.165, 1.54) is 18.4 Å². The quantitative estimate of drug-likeness (QED) is 0.323. The van der Waals surface area contributed by atoms with Crippen LogP contribution in [0.2, 0.25) is 0 Å². The van der Waals surface area contributed by atoms with Crippen LogP contribution in [-0.2, 0) is 16.1 Å². The number of hydrogen-bond acceptors (Lipinski definition) is 7. The Morgan fingerprint density at radius 3 is 2.58 bits per heavy atom. The Balaban J connectivity index is 0.00000294. The summed E-state index contributed by atoms with van der Waals surface area (Å²) in [5, 5.41) is 5.26. The molecule has 2 fully saturated rings. The molecule has 9 heteroatoms. The third-order valence-electron chi connectivity index (χ3n) is 8.16. The Morgan fingerprint density at radius 1 is 1.05 bits per heavy atom. The second-order valence-corrected chi connectivity index (χ2v) is 11.0. The molecule has 8 nitrogen and oxygen atoms in total. The van der Waals surface area contributed by atoms with Crippen LogP contribution in [0.1, 0.15) is 55.8 Å². The lowest BCUT2D eigenvalue weighted by molar-refractivity contribution is -0.927. The van der Waals surface area contributed by atoms with Gasteiger partial charge in [0.1, 0.15) is 18.3 Å². The maximum atomic E-state index is 13.7. The number of ether oxygens (including phenoxy) is 3. The first kappa shape index (κ1) is 27.0. The highest BCUT2D eigenvalue weighted by atomic mass is 79.9. The molecule has 0 amide bonds. The van der Waals surface area contributed by atoms with Gasteiger partial charge in [-0.3, -0.25) is 4.90 Å². The lowest BCUT2D eigenvalue weighted by Gasteiger charge is -2.40. The zero-order chi connectivity index (χ0) is 25.2. The number of hydrogen-bond donors (Lipinski definition) is 0. The first-order valence-corrected chi connectivity index (χ1v) is 13.6. The minimum atomic E-state index is -0.529. The number of aromatic nitrogens is 1. The predicted molar refractivity (Wildman–Crippen MR) is 138 cm³/mol. The van der Waals surface area contributed by atoms with E-state index in [1.807, 2.05) is 30.3 Å². The summed E-state index contributed by atoms with van der Waals surface area (Å²) in [4.78, 5) is 16.0. The zero-order valence-corrected chi connectivity index (χ0v) is 23.5. The number of likely N-dealkylation sites (tertiary alicyclic amines) is 2. The van der Waals surface area contributed by atoms with Gasteiger partial charge in [-0.1, -0.05) is 30.1 Å². The van der Waals surface area contributed by atoms with E-state index < -0.39 is 6.04 Å². The Labute approximate surface area is 234 Å². The average Bonchev–Trinajstić information content (AvgIpc) is 3.45. The lowest BCUT2D eigenvalue weighted by Crippen LogP contribution is -3.00. The summed E-state index contributed by atoms with van der Waals surface area (Å²) >= 11 is 0. The molecule has 0 spiro atoms. The van der Waals surface area contributed by atoms with Crippen molar-refractivity contribution in [3.63, 3.8) is 0 Å². The van der Waals surface area contributed by atoms with Gasteiger partial charge in [-0.2, -0.15) is 0 Å². The van der Waals surface area contributed by atoms with E-state index in [2.05, 4.69) is 29.2 Å². The number of rotatable bonds is 6. The first-order valence-electron chi connectivity index (χ1n) is 13.6. The third-order valence-corrected chi connectivity index (χ3v) is 8.16. The van der Waals surface area contributed by atoms with Crippen molar-refractivity contribution in [1.82, 2.24) is 10.1 Å². The van der Waals surface area contributed by atoms with Crippen LogP contribution in [0.4, 0.5) is 0 Å². The molecule has 4 heterocycles. The number of carbonyl (C=O) groups is 1. The van der Waals surface area contributed by atoms with Crippen LogP contribution in [0.25, 0.3) is 11.0 Å². The van der Waals surface area contributed by atoms with Gasteiger partial charge in [0.05, 0.1) is 20.1 Å². The monoisotopic (exact) mass is 585 g/mol. The van der Waals surface area contributed by atoms with Crippen LogP contribution < -0.4 is 26.5 Å². The number of fused-ring (bicyclic) bond motifs is 2. The Bertz CT molecular complexity index is 1250. The minimum absolute atomic E-state index is 0. The minimum Gasteiger partial charge on any atom is -1.00 e. The van der Waals surface area contributed by atoms with Crippen molar-refractivity contribution < 1.29 is 45.0 Å². The number of quaternary nitrogens is 1. The molecule has 3 aliphatic rings. The SMILES string of the molecule is C[N+]1(Cc2ccc3c(c2)OCO3)CCC(OC(=O)C(c2noc3ccccc23)N2CCCCCC2)CC1.[Br-]. The van der Waals surface area contributed by atoms with Crippen molar-refractivity contribution in [3.05, 3.63) is 53.7 Å². The second-order valence-electron chi connectivity index (χ2n) is 11.0. The maximum absolute atomic E-state index is 13.7. The van der Waals surface area contributed by atoms with Crippen molar-refractivity contribution in [2.24, 2.45) is 0 Å². The van der Waals surface area contributed by atoms with E-state index in [0.29, 0.717) is 18.1 Å². The van der Waals surface area contributed by atoms with E-state index >= 15 is 0 Å². The number of carbonyl (C=O) groups excluding carboxylic acids is 1. The molecule has 2 aromatic carbocycles. The molecule has 2 saturated heterocycles. The number of para-hydroxylation sites is 1. The van der Waals surface area contributed by atoms with E-state index in [1.54, 1.807) is 0 Å². The summed E-state index contributed by atoms with van der Waals surface area (Å²) in [5.41, 5.74) is 2.63. The normalized spacial score (nSPS) is 24.4. The van der Waals surface area contributed by atoms with Crippen LogP contribution in [0, 0.1) is 0 Å². The Kier molecular flexibility index (Phi) is 8.26. The Morgan fingerprint density at radius 2 is 1.79 bits per heavy atom. The highest BCUT2D eigenvalue weighted by Crippen LogP contribution is 2.35. The van der Waals surface area contributed by atoms with Gasteiger partial charge in [-0.15, -0.1) is 0 Å². The van der Waals surface area contributed by atoms with Crippen LogP contribution in [0.5, 0.6) is 11.5 Å². The van der Waals surface area contributed by atoms with Gasteiger partial charge in [0.2, 0.25) is 6.79 Å². The van der Waals surface area contributed by atoms with Crippen LogP contribution >= 0.6 is 0 Å². The summed E-state index contributed by atoms with van der Waals surface area (Å²) < 4.78 is 23.7. The molecule has 0 bridgehead atoms. The highest BCUT2D eigenvalue weighted by Gasteiger charge is 2.38. The number of piperidine rings is 1. The molecule has 38 heavy (non-hydrogen) atoms. The van der Waals surface area contributed by atoms with Gasteiger partial charge < -0.3 is 40.2 Å².